The average molecular weight is 392 g/mol. The number of halogens is 1. The molecule has 3 rings (SSSR count). The first kappa shape index (κ1) is 13.9. The van der Waals surface area contributed by atoms with E-state index in [1.807, 2.05) is 42.5 Å². The quantitative estimate of drug-likeness (QED) is 0.665. The second kappa shape index (κ2) is 6.13. The topological polar surface area (TPSA) is 77.0 Å². The van der Waals surface area contributed by atoms with Gasteiger partial charge in [0.25, 0.3) is 0 Å². The Balaban J connectivity index is 1.86. The Morgan fingerprint density at radius 2 is 1.90 bits per heavy atom. The van der Waals surface area contributed by atoms with Crippen LogP contribution >= 0.6 is 22.6 Å². The third kappa shape index (κ3) is 3.15. The molecule has 2 aromatic heterocycles. The van der Waals surface area contributed by atoms with E-state index in [9.17, 15) is 0 Å². The summed E-state index contributed by atoms with van der Waals surface area (Å²) < 4.78 is 6.18. The van der Waals surface area contributed by atoms with Crippen LogP contribution in [-0.2, 0) is 6.54 Å². The molecule has 0 aliphatic rings. The molecule has 106 valence electrons. The summed E-state index contributed by atoms with van der Waals surface area (Å²) in [7, 11) is 0. The van der Waals surface area contributed by atoms with E-state index in [4.69, 9.17) is 10.2 Å². The molecule has 2 heterocycles. The summed E-state index contributed by atoms with van der Waals surface area (Å²) >= 11 is 2.12. The number of furan rings is 1. The molecule has 6 heteroatoms. The number of nitrogens with two attached hydrogens (primary N) is 1. The summed E-state index contributed by atoms with van der Waals surface area (Å²) in [6.07, 6.45) is 1.61. The molecule has 0 spiro atoms. The van der Waals surface area contributed by atoms with Crippen LogP contribution in [-0.4, -0.2) is 9.97 Å². The summed E-state index contributed by atoms with van der Waals surface area (Å²) in [6.45, 7) is 0.637. The first-order valence-corrected chi connectivity index (χ1v) is 7.46. The van der Waals surface area contributed by atoms with Gasteiger partial charge in [-0.15, -0.1) is 0 Å². The van der Waals surface area contributed by atoms with Crippen LogP contribution in [0, 0.1) is 3.57 Å². The molecular formula is C15H13IN4O. The fourth-order valence-electron chi connectivity index (χ4n) is 1.90. The zero-order chi connectivity index (χ0) is 14.7. The van der Waals surface area contributed by atoms with Crippen molar-refractivity contribution in [3.05, 3.63) is 57.9 Å². The van der Waals surface area contributed by atoms with E-state index >= 15 is 0 Å². The number of rotatable bonds is 4. The Kier molecular flexibility index (Phi) is 4.05. The maximum absolute atomic E-state index is 5.96. The summed E-state index contributed by atoms with van der Waals surface area (Å²) in [5.41, 5.74) is 7.80. The smallest absolute Gasteiger partial charge is 0.225 e. The van der Waals surface area contributed by atoms with Gasteiger partial charge in [-0.2, -0.15) is 4.98 Å². The van der Waals surface area contributed by atoms with E-state index in [-0.39, 0.29) is 0 Å². The SMILES string of the molecule is Nc1nc(NCc2ccccc2)nc(-c2ccco2)c1I. The van der Waals surface area contributed by atoms with Crippen LogP contribution in [0.15, 0.2) is 53.1 Å². The zero-order valence-electron chi connectivity index (χ0n) is 11.1. The molecule has 1 aromatic carbocycles. The zero-order valence-corrected chi connectivity index (χ0v) is 13.2. The standard InChI is InChI=1S/C15H13IN4O/c16-12-13(11-7-4-8-21-11)19-15(20-14(12)17)18-9-10-5-2-1-3-6-10/h1-8H,9H2,(H3,17,18,19,20). The van der Waals surface area contributed by atoms with Gasteiger partial charge in [0, 0.05) is 6.54 Å². The van der Waals surface area contributed by atoms with E-state index in [0.29, 0.717) is 29.8 Å². The summed E-state index contributed by atoms with van der Waals surface area (Å²) in [6, 6.07) is 13.7. The highest BCUT2D eigenvalue weighted by Crippen LogP contribution is 2.28. The number of benzene rings is 1. The van der Waals surface area contributed by atoms with Crippen molar-refractivity contribution in [2.75, 3.05) is 11.1 Å². The molecule has 0 radical (unpaired) electrons. The number of anilines is 2. The van der Waals surface area contributed by atoms with Crippen molar-refractivity contribution in [2.24, 2.45) is 0 Å². The Bertz CT molecular complexity index is 729. The van der Waals surface area contributed by atoms with Gasteiger partial charge in [-0.3, -0.25) is 0 Å². The monoisotopic (exact) mass is 392 g/mol. The average Bonchev–Trinajstić information content (AvgIpc) is 3.03. The van der Waals surface area contributed by atoms with Crippen molar-refractivity contribution in [3.63, 3.8) is 0 Å². The van der Waals surface area contributed by atoms with Crippen LogP contribution in [0.5, 0.6) is 0 Å². The minimum Gasteiger partial charge on any atom is -0.463 e. The predicted octanol–water partition coefficient (Wildman–Crippen LogP) is 3.54. The van der Waals surface area contributed by atoms with Gasteiger partial charge in [0.1, 0.15) is 11.5 Å². The number of hydrogen-bond acceptors (Lipinski definition) is 5. The molecular weight excluding hydrogens is 379 g/mol. The Labute approximate surface area is 135 Å². The largest absolute Gasteiger partial charge is 0.463 e. The molecule has 3 aromatic rings. The predicted molar refractivity (Wildman–Crippen MR) is 90.6 cm³/mol. The number of nitrogens with one attached hydrogen (secondary N) is 1. The fourth-order valence-corrected chi connectivity index (χ4v) is 2.40. The summed E-state index contributed by atoms with van der Waals surface area (Å²) in [5.74, 6) is 1.60. The Morgan fingerprint density at radius 3 is 2.62 bits per heavy atom. The van der Waals surface area contributed by atoms with Gasteiger partial charge in [-0.05, 0) is 40.3 Å². The number of hydrogen-bond donors (Lipinski definition) is 2. The molecule has 3 N–H and O–H groups in total. The minimum atomic E-state index is 0.438. The van der Waals surface area contributed by atoms with E-state index < -0.39 is 0 Å². The number of nitrogens with zero attached hydrogens (tertiary/aromatic N) is 2. The van der Waals surface area contributed by atoms with Crippen molar-refractivity contribution in [1.29, 1.82) is 0 Å². The van der Waals surface area contributed by atoms with Gasteiger partial charge < -0.3 is 15.5 Å². The van der Waals surface area contributed by atoms with Gasteiger partial charge in [-0.1, -0.05) is 30.3 Å². The van der Waals surface area contributed by atoms with Crippen molar-refractivity contribution in [3.8, 4) is 11.5 Å². The lowest BCUT2D eigenvalue weighted by Gasteiger charge is -2.09. The van der Waals surface area contributed by atoms with Gasteiger partial charge in [0.05, 0.1) is 9.83 Å². The molecule has 21 heavy (non-hydrogen) atoms. The van der Waals surface area contributed by atoms with Crippen molar-refractivity contribution in [2.45, 2.75) is 6.54 Å². The molecule has 0 aliphatic carbocycles. The van der Waals surface area contributed by atoms with Crippen LogP contribution in [0.2, 0.25) is 0 Å². The number of aromatic nitrogens is 2. The van der Waals surface area contributed by atoms with Gasteiger partial charge in [-0.25, -0.2) is 4.98 Å². The van der Waals surface area contributed by atoms with Crippen LogP contribution in [0.4, 0.5) is 11.8 Å². The van der Waals surface area contributed by atoms with Crippen LogP contribution < -0.4 is 11.1 Å². The van der Waals surface area contributed by atoms with Crippen LogP contribution in [0.25, 0.3) is 11.5 Å². The van der Waals surface area contributed by atoms with Crippen molar-refractivity contribution in [1.82, 2.24) is 9.97 Å². The third-order valence-electron chi connectivity index (χ3n) is 2.92. The highest BCUT2D eigenvalue weighted by molar-refractivity contribution is 14.1. The van der Waals surface area contributed by atoms with E-state index in [1.54, 1.807) is 6.26 Å². The van der Waals surface area contributed by atoms with Gasteiger partial charge in [0.2, 0.25) is 5.95 Å². The molecule has 0 fully saturated rings. The second-order valence-electron chi connectivity index (χ2n) is 4.41. The van der Waals surface area contributed by atoms with Crippen molar-refractivity contribution >= 4 is 34.4 Å². The normalized spacial score (nSPS) is 10.5. The van der Waals surface area contributed by atoms with Crippen molar-refractivity contribution < 1.29 is 4.42 Å². The molecule has 0 aliphatic heterocycles. The highest BCUT2D eigenvalue weighted by atomic mass is 127. The van der Waals surface area contributed by atoms with Gasteiger partial charge >= 0.3 is 0 Å². The number of nitrogen functional groups attached to an aromatic ring is 1. The van der Waals surface area contributed by atoms with Crippen LogP contribution in [0.3, 0.4) is 0 Å². The lowest BCUT2D eigenvalue weighted by molar-refractivity contribution is 0.579. The molecule has 0 unspecified atom stereocenters. The Hall–Kier alpha value is -2.09. The molecule has 0 saturated heterocycles. The van der Waals surface area contributed by atoms with Gasteiger partial charge in [0.15, 0.2) is 5.76 Å². The molecule has 0 saturated carbocycles. The Morgan fingerprint density at radius 1 is 1.10 bits per heavy atom. The highest BCUT2D eigenvalue weighted by Gasteiger charge is 2.13. The molecule has 0 atom stereocenters. The van der Waals surface area contributed by atoms with E-state index in [1.165, 1.54) is 0 Å². The van der Waals surface area contributed by atoms with Crippen LogP contribution in [0.1, 0.15) is 5.56 Å². The second-order valence-corrected chi connectivity index (χ2v) is 5.49. The summed E-state index contributed by atoms with van der Waals surface area (Å²) in [5, 5.41) is 3.18. The lowest BCUT2D eigenvalue weighted by Crippen LogP contribution is -2.08. The molecule has 5 nitrogen and oxygen atoms in total. The fraction of sp³-hybridized carbons (Fsp3) is 0.0667. The molecule has 0 bridgehead atoms. The van der Waals surface area contributed by atoms with E-state index in [0.717, 1.165) is 9.13 Å². The maximum atomic E-state index is 5.96. The summed E-state index contributed by atoms with van der Waals surface area (Å²) in [4.78, 5) is 8.75. The lowest BCUT2D eigenvalue weighted by atomic mass is 10.2. The first-order chi connectivity index (χ1) is 10.2. The van der Waals surface area contributed by atoms with E-state index in [2.05, 4.69) is 37.9 Å². The molecule has 0 amide bonds. The third-order valence-corrected chi connectivity index (χ3v) is 3.99. The first-order valence-electron chi connectivity index (χ1n) is 6.39. The minimum absolute atomic E-state index is 0.438. The maximum Gasteiger partial charge on any atom is 0.225 e.